The smallest absolute Gasteiger partial charge is 0.174 e. The van der Waals surface area contributed by atoms with Crippen molar-refractivity contribution in [3.8, 4) is 17.2 Å². The minimum absolute atomic E-state index is 0.0154. The van der Waals surface area contributed by atoms with Gasteiger partial charge in [-0.25, -0.2) is 0 Å². The van der Waals surface area contributed by atoms with Gasteiger partial charge in [-0.2, -0.15) is 0 Å². The van der Waals surface area contributed by atoms with Gasteiger partial charge < -0.3 is 14.9 Å². The van der Waals surface area contributed by atoms with Gasteiger partial charge in [-0.15, -0.1) is 0 Å². The number of aromatic hydroxyl groups is 2. The highest BCUT2D eigenvalue weighted by Gasteiger charge is 2.32. The highest BCUT2D eigenvalue weighted by molar-refractivity contribution is 6.03. The van der Waals surface area contributed by atoms with Crippen molar-refractivity contribution in [3.63, 3.8) is 0 Å². The van der Waals surface area contributed by atoms with Gasteiger partial charge in [0.2, 0.25) is 0 Å². The lowest BCUT2D eigenvalue weighted by atomic mass is 9.92. The Labute approximate surface area is 195 Å². The first-order valence-electron chi connectivity index (χ1n) is 13.2. The SMILES string of the molecule is CCCCCCCCCCCCCCCCC[C@H]1CC(=O)c2c(O)c(C)c(O)c(C)c2O1. The molecule has 1 aliphatic heterocycles. The lowest BCUT2D eigenvalue weighted by Crippen LogP contribution is -2.27. The van der Waals surface area contributed by atoms with Gasteiger partial charge in [0, 0.05) is 17.5 Å². The van der Waals surface area contributed by atoms with E-state index in [0.717, 1.165) is 12.8 Å². The summed E-state index contributed by atoms with van der Waals surface area (Å²) in [7, 11) is 0. The van der Waals surface area contributed by atoms with Crippen LogP contribution in [0.2, 0.25) is 0 Å². The molecule has 1 aliphatic rings. The van der Waals surface area contributed by atoms with E-state index in [9.17, 15) is 15.0 Å². The largest absolute Gasteiger partial charge is 0.507 e. The summed E-state index contributed by atoms with van der Waals surface area (Å²) in [6, 6.07) is 0. The summed E-state index contributed by atoms with van der Waals surface area (Å²) in [5.41, 5.74) is 1.13. The second kappa shape index (κ2) is 14.4. The monoisotopic (exact) mass is 446 g/mol. The minimum Gasteiger partial charge on any atom is -0.507 e. The third-order valence-electron chi connectivity index (χ3n) is 6.98. The topological polar surface area (TPSA) is 66.8 Å². The van der Waals surface area contributed by atoms with Crippen molar-refractivity contribution in [3.05, 3.63) is 16.7 Å². The molecule has 1 aromatic carbocycles. The number of fused-ring (bicyclic) bond motifs is 1. The minimum atomic E-state index is -0.155. The Morgan fingerprint density at radius 3 is 1.69 bits per heavy atom. The van der Waals surface area contributed by atoms with E-state index in [1.165, 1.54) is 89.9 Å². The zero-order valence-corrected chi connectivity index (χ0v) is 20.8. The Morgan fingerprint density at radius 1 is 0.719 bits per heavy atom. The average molecular weight is 447 g/mol. The number of carbonyl (C=O) groups is 1. The molecule has 0 aliphatic carbocycles. The molecule has 1 heterocycles. The highest BCUT2D eigenvalue weighted by atomic mass is 16.5. The van der Waals surface area contributed by atoms with Crippen LogP contribution in [0.5, 0.6) is 17.2 Å². The van der Waals surface area contributed by atoms with Gasteiger partial charge in [-0.05, 0) is 26.7 Å². The van der Waals surface area contributed by atoms with E-state index in [1.54, 1.807) is 13.8 Å². The van der Waals surface area contributed by atoms with E-state index >= 15 is 0 Å². The highest BCUT2D eigenvalue weighted by Crippen LogP contribution is 2.45. The van der Waals surface area contributed by atoms with Crippen molar-refractivity contribution in [2.75, 3.05) is 0 Å². The van der Waals surface area contributed by atoms with Crippen molar-refractivity contribution < 1.29 is 19.7 Å². The number of ketones is 1. The van der Waals surface area contributed by atoms with Gasteiger partial charge in [0.15, 0.2) is 5.78 Å². The second-order valence-electron chi connectivity index (χ2n) is 9.76. The third-order valence-corrected chi connectivity index (χ3v) is 6.98. The van der Waals surface area contributed by atoms with Crippen LogP contribution in [-0.4, -0.2) is 22.1 Å². The Hall–Kier alpha value is -1.71. The van der Waals surface area contributed by atoms with Crippen LogP contribution in [0.3, 0.4) is 0 Å². The maximum Gasteiger partial charge on any atom is 0.174 e. The number of hydrogen-bond donors (Lipinski definition) is 2. The Morgan fingerprint density at radius 2 is 1.19 bits per heavy atom. The zero-order chi connectivity index (χ0) is 23.3. The van der Waals surface area contributed by atoms with E-state index < -0.39 is 0 Å². The number of Topliss-reactive ketones (excluding diaryl/α,β-unsaturated/α-hetero) is 1. The molecule has 32 heavy (non-hydrogen) atoms. The number of benzene rings is 1. The van der Waals surface area contributed by atoms with Crippen LogP contribution in [0.15, 0.2) is 0 Å². The Balaban J connectivity index is 1.53. The number of hydrogen-bond acceptors (Lipinski definition) is 4. The quantitative estimate of drug-likeness (QED) is 0.251. The normalized spacial score (nSPS) is 15.6. The molecule has 0 unspecified atom stereocenters. The fourth-order valence-corrected chi connectivity index (χ4v) is 4.81. The molecular formula is C28H46O4. The molecule has 0 fully saturated rings. The molecule has 2 rings (SSSR count). The predicted molar refractivity (Wildman–Crippen MR) is 132 cm³/mol. The standard InChI is InChI=1S/C28H46O4/c1-4-5-6-7-8-9-10-11-12-13-14-15-16-17-18-19-23-20-24(29)25-27(31)21(2)26(30)22(3)28(25)32-23/h23,30-31H,4-20H2,1-3H3/t23-/m0/s1. The van der Waals surface area contributed by atoms with Crippen LogP contribution >= 0.6 is 0 Å². The molecule has 182 valence electrons. The fraction of sp³-hybridized carbons (Fsp3) is 0.750. The van der Waals surface area contributed by atoms with E-state index in [1.807, 2.05) is 0 Å². The summed E-state index contributed by atoms with van der Waals surface area (Å²) < 4.78 is 6.03. The van der Waals surface area contributed by atoms with Crippen LogP contribution in [0.4, 0.5) is 0 Å². The summed E-state index contributed by atoms with van der Waals surface area (Å²) in [5, 5.41) is 20.4. The van der Waals surface area contributed by atoms with E-state index in [-0.39, 0.29) is 28.9 Å². The molecule has 4 heteroatoms. The lowest BCUT2D eigenvalue weighted by molar-refractivity contribution is 0.0827. The van der Waals surface area contributed by atoms with Crippen molar-refractivity contribution in [2.45, 2.75) is 136 Å². The maximum atomic E-state index is 12.6. The predicted octanol–water partition coefficient (Wildman–Crippen LogP) is 8.31. The number of rotatable bonds is 16. The summed E-state index contributed by atoms with van der Waals surface area (Å²) in [6.07, 6.45) is 21.0. The van der Waals surface area contributed by atoms with Crippen LogP contribution in [0.1, 0.15) is 138 Å². The molecule has 0 aromatic heterocycles. The third kappa shape index (κ3) is 8.01. The van der Waals surface area contributed by atoms with Gasteiger partial charge >= 0.3 is 0 Å². The molecule has 1 aromatic rings. The first-order valence-corrected chi connectivity index (χ1v) is 13.2. The van der Waals surface area contributed by atoms with Crippen molar-refractivity contribution in [1.29, 1.82) is 0 Å². The number of carbonyl (C=O) groups excluding carboxylic acids is 1. The lowest BCUT2D eigenvalue weighted by Gasteiger charge is -2.28. The number of phenols is 2. The number of phenolic OH excluding ortho intramolecular Hbond substituents is 2. The molecule has 1 atom stereocenters. The van der Waals surface area contributed by atoms with Crippen molar-refractivity contribution >= 4 is 5.78 Å². The fourth-order valence-electron chi connectivity index (χ4n) is 4.81. The molecule has 0 radical (unpaired) electrons. The number of unbranched alkanes of at least 4 members (excludes halogenated alkanes) is 14. The molecule has 2 N–H and O–H groups in total. The van der Waals surface area contributed by atoms with E-state index in [0.29, 0.717) is 23.3 Å². The molecule has 0 saturated carbocycles. The van der Waals surface area contributed by atoms with Gasteiger partial charge in [0.05, 0.1) is 0 Å². The van der Waals surface area contributed by atoms with Gasteiger partial charge in [0.25, 0.3) is 0 Å². The zero-order valence-electron chi connectivity index (χ0n) is 20.8. The average Bonchev–Trinajstić information content (AvgIpc) is 2.78. The Bertz CT molecular complexity index is 710. The number of ether oxygens (including phenoxy) is 1. The van der Waals surface area contributed by atoms with Crippen LogP contribution in [-0.2, 0) is 0 Å². The first kappa shape index (κ1) is 26.5. The maximum absolute atomic E-state index is 12.6. The molecule has 0 amide bonds. The van der Waals surface area contributed by atoms with Gasteiger partial charge in [0.1, 0.15) is 28.9 Å². The Kier molecular flexibility index (Phi) is 12.0. The molecule has 4 nitrogen and oxygen atoms in total. The molecular weight excluding hydrogens is 400 g/mol. The van der Waals surface area contributed by atoms with Crippen molar-refractivity contribution in [2.24, 2.45) is 0 Å². The van der Waals surface area contributed by atoms with E-state index in [4.69, 9.17) is 4.74 Å². The summed E-state index contributed by atoms with van der Waals surface area (Å²) >= 11 is 0. The van der Waals surface area contributed by atoms with E-state index in [2.05, 4.69) is 6.92 Å². The van der Waals surface area contributed by atoms with Crippen molar-refractivity contribution in [1.82, 2.24) is 0 Å². The second-order valence-corrected chi connectivity index (χ2v) is 9.76. The van der Waals surface area contributed by atoms with Crippen LogP contribution in [0, 0.1) is 13.8 Å². The summed E-state index contributed by atoms with van der Waals surface area (Å²) in [6.45, 7) is 5.63. The van der Waals surface area contributed by atoms with Gasteiger partial charge in [-0.3, -0.25) is 4.79 Å². The van der Waals surface area contributed by atoms with Gasteiger partial charge in [-0.1, -0.05) is 96.8 Å². The van der Waals surface area contributed by atoms with Crippen LogP contribution < -0.4 is 4.74 Å². The molecule has 0 saturated heterocycles. The summed E-state index contributed by atoms with van der Waals surface area (Å²) in [5.74, 6) is 0.161. The molecule has 0 spiro atoms. The summed E-state index contributed by atoms with van der Waals surface area (Å²) in [4.78, 5) is 12.6. The first-order chi connectivity index (χ1) is 15.5. The van der Waals surface area contributed by atoms with Crippen LogP contribution in [0.25, 0.3) is 0 Å². The molecule has 0 bridgehead atoms.